The van der Waals surface area contributed by atoms with E-state index >= 15 is 0 Å². The minimum atomic E-state index is 0.0101. The Bertz CT molecular complexity index is 1380. The molecule has 2 N–H and O–H groups in total. The smallest absolute Gasteiger partial charge is 0.119 e. The SMILES string of the molecule is CCCC1SC1CC1SC1CCCCCCCc1ccc(C(C)(C)C)c(O)c1.CCCCCCC1SC1CCCCCCCc1ccc(C(C)(C)C)c(O)c1. The van der Waals surface area contributed by atoms with Crippen molar-refractivity contribution in [2.75, 3.05) is 0 Å². The number of hydrogen-bond acceptors (Lipinski definition) is 5. The summed E-state index contributed by atoms with van der Waals surface area (Å²) in [4.78, 5) is 0. The lowest BCUT2D eigenvalue weighted by atomic mass is 9.85. The van der Waals surface area contributed by atoms with E-state index in [0.717, 1.165) is 55.5 Å². The molecule has 3 aliphatic heterocycles. The summed E-state index contributed by atoms with van der Waals surface area (Å²) < 4.78 is 0. The number of phenolic OH excluding ortho intramolecular Hbond substituents is 2. The molecule has 3 fully saturated rings. The third-order valence-corrected chi connectivity index (χ3v) is 16.5. The fourth-order valence-electron chi connectivity index (χ4n) is 8.40. The third kappa shape index (κ3) is 17.9. The van der Waals surface area contributed by atoms with Gasteiger partial charge in [-0.25, -0.2) is 0 Å². The van der Waals surface area contributed by atoms with Crippen molar-refractivity contribution >= 4 is 35.3 Å². The summed E-state index contributed by atoms with van der Waals surface area (Å²) in [7, 11) is 0. The Hall–Kier alpha value is -0.910. The molecule has 0 aromatic heterocycles. The van der Waals surface area contributed by atoms with Gasteiger partial charge in [-0.05, 0) is 103 Å². The van der Waals surface area contributed by atoms with Gasteiger partial charge >= 0.3 is 0 Å². The fourth-order valence-corrected chi connectivity index (χ4v) is 12.3. The number of aromatic hydroxyl groups is 2. The van der Waals surface area contributed by atoms with E-state index in [2.05, 4.69) is 115 Å². The van der Waals surface area contributed by atoms with Crippen LogP contribution in [-0.4, -0.2) is 41.7 Å². The van der Waals surface area contributed by atoms with Crippen molar-refractivity contribution in [1.29, 1.82) is 0 Å². The summed E-state index contributed by atoms with van der Waals surface area (Å²) in [6, 6.07) is 12.6. The predicted molar refractivity (Wildman–Crippen MR) is 250 cm³/mol. The molecule has 3 saturated heterocycles. The second-order valence-electron chi connectivity index (χ2n) is 19.3. The van der Waals surface area contributed by atoms with Crippen LogP contribution in [0.1, 0.15) is 206 Å². The van der Waals surface area contributed by atoms with Crippen LogP contribution in [0.3, 0.4) is 0 Å². The molecule has 0 spiro atoms. The Morgan fingerprint density at radius 3 is 1.20 bits per heavy atom. The van der Waals surface area contributed by atoms with Gasteiger partial charge in [0.15, 0.2) is 0 Å². The molecule has 0 bridgehead atoms. The maximum atomic E-state index is 10.3. The molecule has 2 aromatic rings. The van der Waals surface area contributed by atoms with Gasteiger partial charge in [0, 0.05) is 31.5 Å². The van der Waals surface area contributed by atoms with Crippen LogP contribution in [0.4, 0.5) is 0 Å². The quantitative estimate of drug-likeness (QED) is 0.0772. The van der Waals surface area contributed by atoms with Crippen LogP contribution in [0.25, 0.3) is 0 Å². The Morgan fingerprint density at radius 2 is 0.800 bits per heavy atom. The zero-order valence-electron chi connectivity index (χ0n) is 36.6. The number of benzene rings is 2. The van der Waals surface area contributed by atoms with Gasteiger partial charge in [0.25, 0.3) is 0 Å². The molecule has 55 heavy (non-hydrogen) atoms. The van der Waals surface area contributed by atoms with Crippen LogP contribution in [0, 0.1) is 0 Å². The van der Waals surface area contributed by atoms with Crippen molar-refractivity contribution in [3.05, 3.63) is 58.7 Å². The third-order valence-electron chi connectivity index (χ3n) is 12.1. The first-order valence-corrected chi connectivity index (χ1v) is 25.7. The predicted octanol–water partition coefficient (Wildman–Crippen LogP) is 15.8. The lowest BCUT2D eigenvalue weighted by molar-refractivity contribution is 0.445. The van der Waals surface area contributed by atoms with Crippen molar-refractivity contribution in [3.8, 4) is 11.5 Å². The Kier molecular flexibility index (Phi) is 20.1. The minimum Gasteiger partial charge on any atom is -0.508 e. The Morgan fingerprint density at radius 1 is 0.436 bits per heavy atom. The lowest BCUT2D eigenvalue weighted by Crippen LogP contribution is -2.11. The average Bonchev–Trinajstić information content (AvgIpc) is 4.06. The molecule has 6 unspecified atom stereocenters. The van der Waals surface area contributed by atoms with E-state index in [-0.39, 0.29) is 10.8 Å². The van der Waals surface area contributed by atoms with Crippen LogP contribution in [-0.2, 0) is 23.7 Å². The molecular formula is C50H82O2S3. The van der Waals surface area contributed by atoms with Crippen molar-refractivity contribution in [1.82, 2.24) is 0 Å². The first-order valence-electron chi connectivity index (χ1n) is 22.9. The first-order chi connectivity index (χ1) is 26.3. The Labute approximate surface area is 352 Å². The van der Waals surface area contributed by atoms with Crippen LogP contribution >= 0.6 is 35.3 Å². The fraction of sp³-hybridized carbons (Fsp3) is 0.760. The van der Waals surface area contributed by atoms with Crippen molar-refractivity contribution in [2.45, 2.75) is 239 Å². The van der Waals surface area contributed by atoms with Gasteiger partial charge in [0.1, 0.15) is 11.5 Å². The number of phenols is 2. The van der Waals surface area contributed by atoms with Crippen LogP contribution in [0.2, 0.25) is 0 Å². The molecule has 312 valence electrons. The van der Waals surface area contributed by atoms with E-state index in [0.29, 0.717) is 11.5 Å². The van der Waals surface area contributed by atoms with Gasteiger partial charge in [-0.15, -0.1) is 0 Å². The normalized spacial score (nSPS) is 23.0. The summed E-state index contributed by atoms with van der Waals surface area (Å²) >= 11 is 6.74. The largest absolute Gasteiger partial charge is 0.508 e. The van der Waals surface area contributed by atoms with E-state index in [1.807, 2.05) is 12.1 Å². The molecule has 2 aromatic carbocycles. The van der Waals surface area contributed by atoms with Gasteiger partial charge in [0.05, 0.1) is 0 Å². The van der Waals surface area contributed by atoms with Crippen LogP contribution in [0.5, 0.6) is 11.5 Å². The number of unbranched alkanes of at least 4 members (excludes halogenated alkanes) is 11. The highest BCUT2D eigenvalue weighted by Gasteiger charge is 2.46. The molecule has 3 heterocycles. The summed E-state index contributed by atoms with van der Waals surface area (Å²) in [5.41, 5.74) is 4.68. The molecule has 6 atom stereocenters. The maximum absolute atomic E-state index is 10.3. The standard InChI is InChI=1S/C25H40OS2.C25H42OS/c1-5-11-21-23(27-21)17-24-22(28-24)13-10-8-6-7-9-12-18-14-15-19(20(26)16-18)25(2,3)4;1-5-6-7-12-15-23-24(27-23)16-13-10-8-9-11-14-20-17-18-21(22(26)19-20)25(2,3)4/h14-16,21-24,26H,5-13,17H2,1-4H3;17-19,23-24,26H,5-16H2,1-4H3. The number of rotatable bonds is 25. The summed E-state index contributed by atoms with van der Waals surface area (Å²) in [6.07, 6.45) is 30.0. The number of thioether (sulfide) groups is 3. The van der Waals surface area contributed by atoms with Crippen LogP contribution in [0.15, 0.2) is 36.4 Å². The molecular weight excluding hydrogens is 729 g/mol. The summed E-state index contributed by atoms with van der Waals surface area (Å²) in [6.45, 7) is 17.5. The number of aryl methyl sites for hydroxylation is 2. The molecule has 0 amide bonds. The zero-order valence-corrected chi connectivity index (χ0v) is 39.1. The summed E-state index contributed by atoms with van der Waals surface area (Å²) in [5.74, 6) is 0.929. The van der Waals surface area contributed by atoms with E-state index in [4.69, 9.17) is 0 Å². The van der Waals surface area contributed by atoms with Crippen molar-refractivity contribution in [2.24, 2.45) is 0 Å². The van der Waals surface area contributed by atoms with Gasteiger partial charge in [-0.2, -0.15) is 35.3 Å². The van der Waals surface area contributed by atoms with E-state index < -0.39 is 0 Å². The number of hydrogen-bond donors (Lipinski definition) is 2. The summed E-state index contributed by atoms with van der Waals surface area (Å²) in [5, 5.41) is 26.6. The van der Waals surface area contributed by atoms with Gasteiger partial charge < -0.3 is 10.2 Å². The monoisotopic (exact) mass is 811 g/mol. The Balaban J connectivity index is 0.000000245. The van der Waals surface area contributed by atoms with Crippen LogP contribution < -0.4 is 0 Å². The molecule has 5 heteroatoms. The topological polar surface area (TPSA) is 40.5 Å². The second kappa shape index (κ2) is 23.6. The van der Waals surface area contributed by atoms with Crippen molar-refractivity contribution < 1.29 is 10.2 Å². The molecule has 3 aliphatic rings. The van der Waals surface area contributed by atoms with Gasteiger partial charge in [-0.3, -0.25) is 0 Å². The molecule has 2 nitrogen and oxygen atoms in total. The highest BCUT2D eigenvalue weighted by Crippen LogP contribution is 2.55. The minimum absolute atomic E-state index is 0.0101. The van der Waals surface area contributed by atoms with Gasteiger partial charge in [0.2, 0.25) is 0 Å². The maximum Gasteiger partial charge on any atom is 0.119 e. The molecule has 0 saturated carbocycles. The van der Waals surface area contributed by atoms with E-state index in [1.54, 1.807) is 0 Å². The highest BCUT2D eigenvalue weighted by atomic mass is 32.2. The zero-order chi connectivity index (χ0) is 39.8. The van der Waals surface area contributed by atoms with E-state index in [9.17, 15) is 10.2 Å². The molecule has 5 rings (SSSR count). The first kappa shape index (κ1) is 46.8. The lowest BCUT2D eigenvalue weighted by Gasteiger charge is -2.20. The second-order valence-corrected chi connectivity index (χ2v) is 23.8. The van der Waals surface area contributed by atoms with Gasteiger partial charge in [-0.1, -0.05) is 163 Å². The molecule has 0 aliphatic carbocycles. The van der Waals surface area contributed by atoms with E-state index in [1.165, 1.54) is 140 Å². The average molecular weight is 811 g/mol. The highest BCUT2D eigenvalue weighted by molar-refractivity contribution is 8.08. The van der Waals surface area contributed by atoms with Crippen molar-refractivity contribution in [3.63, 3.8) is 0 Å². The molecule has 0 radical (unpaired) electrons.